The Bertz CT molecular complexity index is 743. The number of amides is 2. The van der Waals surface area contributed by atoms with E-state index in [1.807, 2.05) is 24.3 Å². The maximum absolute atomic E-state index is 12.3. The first-order chi connectivity index (χ1) is 12.7. The third-order valence-electron chi connectivity index (χ3n) is 4.19. The molecule has 1 unspecified atom stereocenters. The van der Waals surface area contributed by atoms with Crippen molar-refractivity contribution in [3.8, 4) is 5.75 Å². The number of anilines is 2. The molecule has 0 bridgehead atoms. The lowest BCUT2D eigenvalue weighted by atomic mass is 9.99. The van der Waals surface area contributed by atoms with Gasteiger partial charge in [0, 0.05) is 17.9 Å². The second-order valence-corrected chi connectivity index (χ2v) is 6.26. The SMILES string of the molecule is O=C(COc1ccccc1)Nc1cccc(NC(=O)C2CCCNC2)c1. The summed E-state index contributed by atoms with van der Waals surface area (Å²) in [5, 5.41) is 8.93. The number of carbonyl (C=O) groups is 2. The number of hydrogen-bond acceptors (Lipinski definition) is 4. The van der Waals surface area contributed by atoms with Gasteiger partial charge in [-0.05, 0) is 49.7 Å². The first-order valence-corrected chi connectivity index (χ1v) is 8.80. The van der Waals surface area contributed by atoms with Gasteiger partial charge in [0.1, 0.15) is 5.75 Å². The largest absolute Gasteiger partial charge is 0.484 e. The van der Waals surface area contributed by atoms with Crippen LogP contribution in [-0.4, -0.2) is 31.5 Å². The molecule has 136 valence electrons. The fourth-order valence-electron chi connectivity index (χ4n) is 2.86. The quantitative estimate of drug-likeness (QED) is 0.746. The van der Waals surface area contributed by atoms with Crippen LogP contribution in [0.25, 0.3) is 0 Å². The van der Waals surface area contributed by atoms with Crippen LogP contribution in [-0.2, 0) is 9.59 Å². The molecule has 2 amide bonds. The molecule has 2 aromatic carbocycles. The third-order valence-corrected chi connectivity index (χ3v) is 4.19. The number of nitrogens with one attached hydrogen (secondary N) is 3. The third kappa shape index (κ3) is 5.32. The first kappa shape index (κ1) is 17.9. The Balaban J connectivity index is 1.51. The average molecular weight is 353 g/mol. The fraction of sp³-hybridized carbons (Fsp3) is 0.300. The molecular formula is C20H23N3O3. The minimum atomic E-state index is -0.256. The molecule has 3 N–H and O–H groups in total. The van der Waals surface area contributed by atoms with Gasteiger partial charge >= 0.3 is 0 Å². The molecule has 1 aliphatic rings. The van der Waals surface area contributed by atoms with Crippen molar-refractivity contribution in [2.75, 3.05) is 30.3 Å². The number of rotatable bonds is 6. The zero-order valence-corrected chi connectivity index (χ0v) is 14.5. The number of piperidine rings is 1. The Morgan fingerprint density at radius 1 is 1.04 bits per heavy atom. The molecule has 0 spiro atoms. The highest BCUT2D eigenvalue weighted by Gasteiger charge is 2.20. The Hall–Kier alpha value is -2.86. The molecule has 1 saturated heterocycles. The van der Waals surface area contributed by atoms with Crippen LogP contribution in [0.1, 0.15) is 12.8 Å². The maximum Gasteiger partial charge on any atom is 0.262 e. The van der Waals surface area contributed by atoms with Crippen LogP contribution in [0, 0.1) is 5.92 Å². The number of carbonyl (C=O) groups excluding carboxylic acids is 2. The van der Waals surface area contributed by atoms with Crippen molar-refractivity contribution >= 4 is 23.2 Å². The summed E-state index contributed by atoms with van der Waals surface area (Å²) >= 11 is 0. The van der Waals surface area contributed by atoms with E-state index in [0.29, 0.717) is 23.7 Å². The summed E-state index contributed by atoms with van der Waals surface area (Å²) in [5.74, 6) is 0.382. The molecule has 1 atom stereocenters. The van der Waals surface area contributed by atoms with Crippen molar-refractivity contribution in [2.45, 2.75) is 12.8 Å². The van der Waals surface area contributed by atoms with Crippen molar-refractivity contribution in [3.63, 3.8) is 0 Å². The van der Waals surface area contributed by atoms with Crippen LogP contribution < -0.4 is 20.7 Å². The summed E-state index contributed by atoms with van der Waals surface area (Å²) in [5.41, 5.74) is 1.29. The van der Waals surface area contributed by atoms with E-state index in [1.54, 1.807) is 30.3 Å². The van der Waals surface area contributed by atoms with Gasteiger partial charge in [0.25, 0.3) is 5.91 Å². The molecule has 0 saturated carbocycles. The average Bonchev–Trinajstić information content (AvgIpc) is 2.68. The Morgan fingerprint density at radius 2 is 1.81 bits per heavy atom. The highest BCUT2D eigenvalue weighted by Crippen LogP contribution is 2.18. The normalized spacial score (nSPS) is 16.5. The molecule has 6 nitrogen and oxygen atoms in total. The van der Waals surface area contributed by atoms with E-state index in [2.05, 4.69) is 16.0 Å². The molecular weight excluding hydrogens is 330 g/mol. The zero-order chi connectivity index (χ0) is 18.2. The molecule has 0 radical (unpaired) electrons. The number of ether oxygens (including phenoxy) is 1. The van der Waals surface area contributed by atoms with Gasteiger partial charge in [-0.25, -0.2) is 0 Å². The van der Waals surface area contributed by atoms with Gasteiger partial charge in [0.05, 0.1) is 5.92 Å². The predicted molar refractivity (Wildman–Crippen MR) is 101 cm³/mol. The van der Waals surface area contributed by atoms with Crippen molar-refractivity contribution in [3.05, 3.63) is 54.6 Å². The fourth-order valence-corrected chi connectivity index (χ4v) is 2.86. The highest BCUT2D eigenvalue weighted by molar-refractivity contribution is 5.95. The Kier molecular flexibility index (Phi) is 6.22. The van der Waals surface area contributed by atoms with Gasteiger partial charge in [-0.15, -0.1) is 0 Å². The smallest absolute Gasteiger partial charge is 0.262 e. The van der Waals surface area contributed by atoms with Gasteiger partial charge in [-0.1, -0.05) is 24.3 Å². The number of para-hydroxylation sites is 1. The van der Waals surface area contributed by atoms with Gasteiger partial charge < -0.3 is 20.7 Å². The molecule has 1 aliphatic heterocycles. The number of hydrogen-bond donors (Lipinski definition) is 3. The first-order valence-electron chi connectivity index (χ1n) is 8.80. The Labute approximate surface area is 152 Å². The summed E-state index contributed by atoms with van der Waals surface area (Å²) < 4.78 is 5.43. The minimum Gasteiger partial charge on any atom is -0.484 e. The van der Waals surface area contributed by atoms with Crippen LogP contribution >= 0.6 is 0 Å². The lowest BCUT2D eigenvalue weighted by Gasteiger charge is -2.22. The van der Waals surface area contributed by atoms with Crippen LogP contribution in [0.3, 0.4) is 0 Å². The minimum absolute atomic E-state index is 0.00749. The van der Waals surface area contributed by atoms with E-state index in [0.717, 1.165) is 19.4 Å². The zero-order valence-electron chi connectivity index (χ0n) is 14.5. The van der Waals surface area contributed by atoms with E-state index in [1.165, 1.54) is 0 Å². The van der Waals surface area contributed by atoms with Crippen LogP contribution in [0.4, 0.5) is 11.4 Å². The lowest BCUT2D eigenvalue weighted by molar-refractivity contribution is -0.120. The summed E-state index contributed by atoms with van der Waals surface area (Å²) in [4.78, 5) is 24.3. The maximum atomic E-state index is 12.3. The molecule has 2 aromatic rings. The van der Waals surface area contributed by atoms with E-state index < -0.39 is 0 Å². The summed E-state index contributed by atoms with van der Waals surface area (Å²) in [6.07, 6.45) is 1.90. The van der Waals surface area contributed by atoms with Crippen molar-refractivity contribution in [1.82, 2.24) is 5.32 Å². The standard InChI is InChI=1S/C20H23N3O3/c24-19(14-26-18-9-2-1-3-10-18)22-16-7-4-8-17(12-16)23-20(25)15-6-5-11-21-13-15/h1-4,7-10,12,15,21H,5-6,11,13-14H2,(H,22,24)(H,23,25). The van der Waals surface area contributed by atoms with Gasteiger partial charge in [-0.3, -0.25) is 9.59 Å². The van der Waals surface area contributed by atoms with Crippen LogP contribution in [0.5, 0.6) is 5.75 Å². The Morgan fingerprint density at radius 3 is 2.54 bits per heavy atom. The van der Waals surface area contributed by atoms with E-state index in [9.17, 15) is 9.59 Å². The van der Waals surface area contributed by atoms with Gasteiger partial charge in [-0.2, -0.15) is 0 Å². The van der Waals surface area contributed by atoms with E-state index in [4.69, 9.17) is 4.74 Å². The second-order valence-electron chi connectivity index (χ2n) is 6.26. The molecule has 3 rings (SSSR count). The van der Waals surface area contributed by atoms with Crippen LogP contribution in [0.15, 0.2) is 54.6 Å². The monoisotopic (exact) mass is 353 g/mol. The second kappa shape index (κ2) is 9.01. The van der Waals surface area contributed by atoms with Crippen molar-refractivity contribution < 1.29 is 14.3 Å². The molecule has 1 fully saturated rings. The van der Waals surface area contributed by atoms with E-state index in [-0.39, 0.29) is 24.3 Å². The molecule has 1 heterocycles. The van der Waals surface area contributed by atoms with Gasteiger partial charge in [0.15, 0.2) is 6.61 Å². The molecule has 0 aromatic heterocycles. The predicted octanol–water partition coefficient (Wildman–Crippen LogP) is 2.64. The van der Waals surface area contributed by atoms with Crippen molar-refractivity contribution in [1.29, 1.82) is 0 Å². The number of benzene rings is 2. The summed E-state index contributed by atoms with van der Waals surface area (Å²) in [7, 11) is 0. The van der Waals surface area contributed by atoms with Gasteiger partial charge in [0.2, 0.25) is 5.91 Å². The van der Waals surface area contributed by atoms with E-state index >= 15 is 0 Å². The topological polar surface area (TPSA) is 79.5 Å². The molecule has 0 aliphatic carbocycles. The van der Waals surface area contributed by atoms with Crippen LogP contribution in [0.2, 0.25) is 0 Å². The highest BCUT2D eigenvalue weighted by atomic mass is 16.5. The summed E-state index contributed by atoms with van der Waals surface area (Å²) in [6, 6.07) is 16.3. The lowest BCUT2D eigenvalue weighted by Crippen LogP contribution is -2.37. The molecule has 26 heavy (non-hydrogen) atoms. The molecule has 6 heteroatoms. The summed E-state index contributed by atoms with van der Waals surface area (Å²) in [6.45, 7) is 1.60. The van der Waals surface area contributed by atoms with Crippen molar-refractivity contribution in [2.24, 2.45) is 5.92 Å².